The van der Waals surface area contributed by atoms with Crippen molar-refractivity contribution in [2.75, 3.05) is 0 Å². The predicted octanol–water partition coefficient (Wildman–Crippen LogP) is 12.2. The Bertz CT molecular complexity index is 3190. The average molecular weight is 665 g/mol. The van der Waals surface area contributed by atoms with Gasteiger partial charge in [0.05, 0.1) is 11.0 Å². The molecule has 11 rings (SSSR count). The Morgan fingerprint density at radius 1 is 0.365 bits per heavy atom. The largest absolute Gasteiger partial charge is 0.456 e. The molecule has 0 amide bonds. The molecule has 0 saturated heterocycles. The molecule has 242 valence electrons. The third kappa shape index (κ3) is 4.39. The van der Waals surface area contributed by atoms with E-state index >= 15 is 0 Å². The molecule has 0 spiro atoms. The molecular weight excluding hydrogens is 637 g/mol. The average Bonchev–Trinajstić information content (AvgIpc) is 3.76. The van der Waals surface area contributed by atoms with E-state index in [1.807, 2.05) is 30.3 Å². The van der Waals surface area contributed by atoms with Gasteiger partial charge in [0.1, 0.15) is 11.2 Å². The van der Waals surface area contributed by atoms with E-state index in [4.69, 9.17) is 19.4 Å². The van der Waals surface area contributed by atoms with E-state index in [1.165, 1.54) is 5.39 Å². The van der Waals surface area contributed by atoms with Crippen LogP contribution < -0.4 is 0 Å². The fourth-order valence-electron chi connectivity index (χ4n) is 7.79. The lowest BCUT2D eigenvalue weighted by molar-refractivity contribution is 0.669. The quantitative estimate of drug-likeness (QED) is 0.188. The monoisotopic (exact) mass is 664 g/mol. The smallest absolute Gasteiger partial charge is 0.238 e. The molecule has 5 heteroatoms. The summed E-state index contributed by atoms with van der Waals surface area (Å²) in [5, 5.41) is 9.05. The fraction of sp³-hybridized carbons (Fsp3) is 0. The highest BCUT2D eigenvalue weighted by Crippen LogP contribution is 2.42. The first-order valence-corrected chi connectivity index (χ1v) is 17.4. The maximum absolute atomic E-state index is 6.38. The van der Waals surface area contributed by atoms with Crippen LogP contribution in [0.4, 0.5) is 0 Å². The van der Waals surface area contributed by atoms with E-state index in [0.29, 0.717) is 17.6 Å². The summed E-state index contributed by atoms with van der Waals surface area (Å²) >= 11 is 0. The molecule has 11 aromatic rings. The summed E-state index contributed by atoms with van der Waals surface area (Å²) in [5.74, 6) is 1.79. The third-order valence-electron chi connectivity index (χ3n) is 10.2. The van der Waals surface area contributed by atoms with Crippen molar-refractivity contribution in [3.8, 4) is 39.9 Å². The molecule has 5 nitrogen and oxygen atoms in total. The van der Waals surface area contributed by atoms with Crippen molar-refractivity contribution in [1.29, 1.82) is 0 Å². The van der Waals surface area contributed by atoms with Gasteiger partial charge >= 0.3 is 0 Å². The lowest BCUT2D eigenvalue weighted by Gasteiger charge is -2.14. The standard InChI is InChI=1S/C47H28N4O/c1-2-13-31(14-3-1)45-48-46(34-22-21-29-11-4-5-15-32(29)27-34)50-47(49-45)51-43-35-16-7-6-12-30(35)23-26-40(43)39-19-10-18-36(44(39)51)33-24-25-38-37-17-8-9-20-41(37)52-42(38)28-33/h1-28H. The lowest BCUT2D eigenvalue weighted by Crippen LogP contribution is -2.07. The summed E-state index contributed by atoms with van der Waals surface area (Å²) in [6.45, 7) is 0. The molecule has 0 fully saturated rings. The number of nitrogens with zero attached hydrogens (tertiary/aromatic N) is 4. The Balaban J connectivity index is 1.25. The Morgan fingerprint density at radius 3 is 1.88 bits per heavy atom. The van der Waals surface area contributed by atoms with E-state index in [-0.39, 0.29) is 0 Å². The van der Waals surface area contributed by atoms with Gasteiger partial charge in [0.2, 0.25) is 5.95 Å². The summed E-state index contributed by atoms with van der Waals surface area (Å²) in [4.78, 5) is 15.7. The van der Waals surface area contributed by atoms with Gasteiger partial charge in [-0.2, -0.15) is 9.97 Å². The first-order chi connectivity index (χ1) is 25.8. The number of hydrogen-bond donors (Lipinski definition) is 0. The number of rotatable bonds is 4. The second-order valence-corrected chi connectivity index (χ2v) is 13.2. The van der Waals surface area contributed by atoms with Crippen molar-refractivity contribution < 1.29 is 4.42 Å². The molecule has 0 radical (unpaired) electrons. The fourth-order valence-corrected chi connectivity index (χ4v) is 7.79. The Morgan fingerprint density at radius 2 is 1.00 bits per heavy atom. The third-order valence-corrected chi connectivity index (χ3v) is 10.2. The van der Waals surface area contributed by atoms with Crippen molar-refractivity contribution in [2.45, 2.75) is 0 Å². The summed E-state index contributed by atoms with van der Waals surface area (Å²) in [7, 11) is 0. The Hall–Kier alpha value is -7.11. The molecular formula is C47H28N4O. The van der Waals surface area contributed by atoms with Gasteiger partial charge in [-0.25, -0.2) is 4.98 Å². The van der Waals surface area contributed by atoms with Gasteiger partial charge in [-0.3, -0.25) is 4.57 Å². The molecule has 3 heterocycles. The van der Waals surface area contributed by atoms with Gasteiger partial charge in [0.25, 0.3) is 0 Å². The second kappa shape index (κ2) is 11.2. The van der Waals surface area contributed by atoms with Gasteiger partial charge in [0.15, 0.2) is 11.6 Å². The maximum atomic E-state index is 6.38. The molecule has 0 unspecified atom stereocenters. The van der Waals surface area contributed by atoms with Gasteiger partial charge < -0.3 is 4.42 Å². The van der Waals surface area contributed by atoms with Crippen LogP contribution in [0.15, 0.2) is 174 Å². The summed E-state index contributed by atoms with van der Waals surface area (Å²) in [5.41, 5.74) is 7.79. The van der Waals surface area contributed by atoms with Crippen molar-refractivity contribution in [3.63, 3.8) is 0 Å². The maximum Gasteiger partial charge on any atom is 0.238 e. The number of para-hydroxylation sites is 2. The Kier molecular flexibility index (Phi) is 6.18. The van der Waals surface area contributed by atoms with E-state index in [0.717, 1.165) is 82.2 Å². The molecule has 0 saturated carbocycles. The first-order valence-electron chi connectivity index (χ1n) is 17.4. The Labute approximate surface area is 298 Å². The van der Waals surface area contributed by atoms with Crippen LogP contribution in [-0.4, -0.2) is 19.5 Å². The zero-order valence-corrected chi connectivity index (χ0v) is 27.9. The molecule has 0 aliphatic carbocycles. The van der Waals surface area contributed by atoms with E-state index < -0.39 is 0 Å². The number of aromatic nitrogens is 4. The molecule has 3 aromatic heterocycles. The molecule has 0 aliphatic heterocycles. The van der Waals surface area contributed by atoms with Crippen LogP contribution in [-0.2, 0) is 0 Å². The topological polar surface area (TPSA) is 56.7 Å². The van der Waals surface area contributed by atoms with E-state index in [2.05, 4.69) is 144 Å². The van der Waals surface area contributed by atoms with Crippen LogP contribution >= 0.6 is 0 Å². The van der Waals surface area contributed by atoms with E-state index in [9.17, 15) is 0 Å². The summed E-state index contributed by atoms with van der Waals surface area (Å²) < 4.78 is 8.63. The minimum absolute atomic E-state index is 0.561. The van der Waals surface area contributed by atoms with Crippen molar-refractivity contribution in [1.82, 2.24) is 19.5 Å². The number of benzene rings is 8. The lowest BCUT2D eigenvalue weighted by atomic mass is 10.00. The van der Waals surface area contributed by atoms with Crippen LogP contribution in [0.2, 0.25) is 0 Å². The molecule has 52 heavy (non-hydrogen) atoms. The van der Waals surface area contributed by atoms with Gasteiger partial charge in [-0.15, -0.1) is 0 Å². The minimum Gasteiger partial charge on any atom is -0.456 e. The normalized spacial score (nSPS) is 11.8. The summed E-state index contributed by atoms with van der Waals surface area (Å²) in [6, 6.07) is 59.2. The second-order valence-electron chi connectivity index (χ2n) is 13.2. The molecule has 0 aliphatic rings. The van der Waals surface area contributed by atoms with Crippen molar-refractivity contribution >= 4 is 65.3 Å². The van der Waals surface area contributed by atoms with Crippen LogP contribution in [0.25, 0.3) is 105 Å². The van der Waals surface area contributed by atoms with Crippen LogP contribution in [0.5, 0.6) is 0 Å². The summed E-state index contributed by atoms with van der Waals surface area (Å²) in [6.07, 6.45) is 0. The van der Waals surface area contributed by atoms with Crippen molar-refractivity contribution in [2.24, 2.45) is 0 Å². The zero-order chi connectivity index (χ0) is 34.2. The van der Waals surface area contributed by atoms with Crippen LogP contribution in [0.3, 0.4) is 0 Å². The highest BCUT2D eigenvalue weighted by atomic mass is 16.3. The SMILES string of the molecule is c1ccc(-c2nc(-c3ccc4ccccc4c3)nc(-n3c4c(-c5ccc6c(c5)oc5ccccc56)cccc4c4ccc5ccccc5c43)n2)cc1. The predicted molar refractivity (Wildman–Crippen MR) is 213 cm³/mol. The van der Waals surface area contributed by atoms with Gasteiger partial charge in [0, 0.05) is 43.6 Å². The van der Waals surface area contributed by atoms with Crippen LogP contribution in [0.1, 0.15) is 0 Å². The molecule has 0 N–H and O–H groups in total. The minimum atomic E-state index is 0.561. The molecule has 8 aromatic carbocycles. The van der Waals surface area contributed by atoms with Crippen molar-refractivity contribution in [3.05, 3.63) is 170 Å². The highest BCUT2D eigenvalue weighted by Gasteiger charge is 2.22. The van der Waals surface area contributed by atoms with Gasteiger partial charge in [-0.1, -0.05) is 146 Å². The molecule has 0 bridgehead atoms. The number of hydrogen-bond acceptors (Lipinski definition) is 4. The highest BCUT2D eigenvalue weighted by molar-refractivity contribution is 6.21. The number of furan rings is 1. The van der Waals surface area contributed by atoms with Crippen LogP contribution in [0, 0.1) is 0 Å². The number of fused-ring (bicyclic) bond motifs is 9. The zero-order valence-electron chi connectivity index (χ0n) is 27.9. The molecule has 0 atom stereocenters. The van der Waals surface area contributed by atoms with Gasteiger partial charge in [-0.05, 0) is 46.0 Å². The first kappa shape index (κ1) is 28.7. The van der Waals surface area contributed by atoms with E-state index in [1.54, 1.807) is 0 Å².